The number of aromatic nitrogens is 2. The van der Waals surface area contributed by atoms with Gasteiger partial charge in [-0.25, -0.2) is 9.78 Å². The van der Waals surface area contributed by atoms with Crippen LogP contribution in [0, 0.1) is 5.92 Å². The molecule has 38 heavy (non-hydrogen) atoms. The molecular weight excluding hydrogens is 502 g/mol. The number of rotatable bonds is 4. The molecule has 2 bridgehead atoms. The maximum absolute atomic E-state index is 13.1. The van der Waals surface area contributed by atoms with Crippen LogP contribution in [0.1, 0.15) is 47.9 Å². The molecular formula is C28H29N5O4S. The van der Waals surface area contributed by atoms with Gasteiger partial charge in [0.2, 0.25) is 0 Å². The maximum Gasteiger partial charge on any atom is 0.410 e. The zero-order valence-electron chi connectivity index (χ0n) is 21.6. The van der Waals surface area contributed by atoms with Crippen LogP contribution in [-0.4, -0.2) is 63.5 Å². The molecule has 3 atom stereocenters. The van der Waals surface area contributed by atoms with E-state index in [-0.39, 0.29) is 35.9 Å². The van der Waals surface area contributed by atoms with Crippen LogP contribution in [0.3, 0.4) is 0 Å². The molecule has 3 amide bonds. The van der Waals surface area contributed by atoms with E-state index in [0.717, 1.165) is 32.9 Å². The highest BCUT2D eigenvalue weighted by Gasteiger charge is 2.55. The van der Waals surface area contributed by atoms with E-state index < -0.39 is 5.60 Å². The summed E-state index contributed by atoms with van der Waals surface area (Å²) in [6.45, 7) is 6.18. The summed E-state index contributed by atoms with van der Waals surface area (Å²) in [5.74, 6) is -0.00631. The van der Waals surface area contributed by atoms with Crippen LogP contribution in [-0.2, 0) is 4.74 Å². The normalized spacial score (nSPS) is 20.4. The van der Waals surface area contributed by atoms with Crippen molar-refractivity contribution in [1.29, 1.82) is 0 Å². The van der Waals surface area contributed by atoms with E-state index in [1.807, 2.05) is 61.7 Å². The predicted molar refractivity (Wildman–Crippen MR) is 145 cm³/mol. The van der Waals surface area contributed by atoms with E-state index in [2.05, 4.69) is 10.6 Å². The molecule has 2 aliphatic heterocycles. The van der Waals surface area contributed by atoms with Crippen LogP contribution in [0.4, 0.5) is 4.79 Å². The second kappa shape index (κ2) is 8.83. The van der Waals surface area contributed by atoms with Crippen LogP contribution >= 0.6 is 11.3 Å². The lowest BCUT2D eigenvalue weighted by molar-refractivity contribution is 0.0221. The van der Waals surface area contributed by atoms with Gasteiger partial charge < -0.3 is 20.3 Å². The van der Waals surface area contributed by atoms with Gasteiger partial charge >= 0.3 is 6.09 Å². The highest BCUT2D eigenvalue weighted by atomic mass is 32.1. The lowest BCUT2D eigenvalue weighted by atomic mass is 9.80. The Labute approximate surface area is 223 Å². The summed E-state index contributed by atoms with van der Waals surface area (Å²) in [5.41, 5.74) is 3.36. The second-order valence-corrected chi connectivity index (χ2v) is 11.9. The second-order valence-electron chi connectivity index (χ2n) is 10.9. The minimum absolute atomic E-state index is 0.0172. The first-order valence-electron chi connectivity index (χ1n) is 12.7. The molecule has 2 aromatic heterocycles. The van der Waals surface area contributed by atoms with Gasteiger partial charge in [-0.15, -0.1) is 0 Å². The number of hydrogen-bond acceptors (Lipinski definition) is 6. The first-order valence-corrected chi connectivity index (χ1v) is 13.5. The van der Waals surface area contributed by atoms with E-state index in [1.165, 1.54) is 11.3 Å². The van der Waals surface area contributed by atoms with Crippen molar-refractivity contribution in [2.24, 2.45) is 5.92 Å². The third-order valence-electron chi connectivity index (χ3n) is 7.25. The lowest BCUT2D eigenvalue weighted by Crippen LogP contribution is -2.55. The van der Waals surface area contributed by atoms with Crippen molar-refractivity contribution < 1.29 is 19.1 Å². The number of ether oxygens (including phenoxy) is 1. The summed E-state index contributed by atoms with van der Waals surface area (Å²) in [4.78, 5) is 44.8. The van der Waals surface area contributed by atoms with Crippen molar-refractivity contribution in [2.45, 2.75) is 44.9 Å². The molecule has 4 heterocycles. The van der Waals surface area contributed by atoms with Crippen LogP contribution in [0.25, 0.3) is 26.4 Å². The van der Waals surface area contributed by atoms with Crippen molar-refractivity contribution in [1.82, 2.24) is 24.9 Å². The molecule has 9 nitrogen and oxygen atoms in total. The molecule has 196 valence electrons. The van der Waals surface area contributed by atoms with Gasteiger partial charge in [0, 0.05) is 42.4 Å². The number of carbonyl (C=O) groups excluding carboxylic acids is 3. The SMILES string of the molecule is CNC(=O)c1ccc(-c2cn3c(n2)sc2cc(C(=O)N[C@H]4[C@@H]5C[C@H]4N(C(=O)OC(C)(C)C)C5)ccc23)cc1. The van der Waals surface area contributed by atoms with E-state index in [1.54, 1.807) is 24.1 Å². The fraction of sp³-hybridized carbons (Fsp3) is 0.357. The third kappa shape index (κ3) is 4.18. The van der Waals surface area contributed by atoms with Gasteiger partial charge in [0.15, 0.2) is 4.96 Å². The molecule has 0 radical (unpaired) electrons. The van der Waals surface area contributed by atoms with Gasteiger partial charge in [0.1, 0.15) is 5.60 Å². The number of fused-ring (bicyclic) bond motifs is 4. The summed E-state index contributed by atoms with van der Waals surface area (Å²) >= 11 is 1.52. The number of hydrogen-bond donors (Lipinski definition) is 2. The molecule has 10 heteroatoms. The summed E-state index contributed by atoms with van der Waals surface area (Å²) in [6, 6.07) is 12.9. The highest BCUT2D eigenvalue weighted by Crippen LogP contribution is 2.42. The molecule has 1 saturated carbocycles. The fourth-order valence-electron chi connectivity index (χ4n) is 5.32. The summed E-state index contributed by atoms with van der Waals surface area (Å²) in [7, 11) is 1.61. The Morgan fingerprint density at radius 3 is 2.50 bits per heavy atom. The summed E-state index contributed by atoms with van der Waals surface area (Å²) < 4.78 is 8.52. The predicted octanol–water partition coefficient (Wildman–Crippen LogP) is 4.31. The number of nitrogens with zero attached hydrogens (tertiary/aromatic N) is 3. The molecule has 2 aromatic carbocycles. The van der Waals surface area contributed by atoms with Crippen LogP contribution in [0.15, 0.2) is 48.7 Å². The van der Waals surface area contributed by atoms with Gasteiger partial charge in [-0.2, -0.15) is 0 Å². The Kier molecular flexibility index (Phi) is 5.68. The first-order chi connectivity index (χ1) is 18.1. The Hall–Kier alpha value is -3.92. The van der Waals surface area contributed by atoms with Gasteiger partial charge in [-0.05, 0) is 57.5 Å². The third-order valence-corrected chi connectivity index (χ3v) is 8.27. The van der Waals surface area contributed by atoms with Gasteiger partial charge in [-0.3, -0.25) is 14.0 Å². The van der Waals surface area contributed by atoms with Gasteiger partial charge in [0.25, 0.3) is 11.8 Å². The Morgan fingerprint density at radius 1 is 1.05 bits per heavy atom. The van der Waals surface area contributed by atoms with Crippen molar-refractivity contribution >= 4 is 44.4 Å². The molecule has 0 unspecified atom stereocenters. The van der Waals surface area contributed by atoms with E-state index in [0.29, 0.717) is 17.7 Å². The Morgan fingerprint density at radius 2 is 1.79 bits per heavy atom. The summed E-state index contributed by atoms with van der Waals surface area (Å²) in [6.07, 6.45) is 2.55. The standard InChI is InChI=1S/C28H29N5O4S/c1-28(2,3)37-27(36)33-13-18-11-21(33)23(18)31-25(35)17-9-10-20-22(12-17)38-26-30-19(14-32(20)26)15-5-7-16(8-6-15)24(34)29-4/h5-10,12,14,18,21,23H,11,13H2,1-4H3,(H,29,34)(H,31,35)/t18-,21-,23+/m1/s1. The lowest BCUT2D eigenvalue weighted by Gasteiger charge is -2.37. The molecule has 2 saturated heterocycles. The molecule has 2 N–H and O–H groups in total. The minimum Gasteiger partial charge on any atom is -0.444 e. The van der Waals surface area contributed by atoms with Crippen LogP contribution in [0.2, 0.25) is 0 Å². The largest absolute Gasteiger partial charge is 0.444 e. The number of thiazole rings is 1. The Balaban J connectivity index is 1.17. The van der Waals surface area contributed by atoms with Gasteiger partial charge in [-0.1, -0.05) is 23.5 Å². The first kappa shape index (κ1) is 24.4. The number of benzene rings is 2. The molecule has 7 rings (SSSR count). The Bertz CT molecular complexity index is 1580. The summed E-state index contributed by atoms with van der Waals surface area (Å²) in [5, 5.41) is 5.77. The molecule has 4 aromatic rings. The number of amides is 3. The van der Waals surface area contributed by atoms with Crippen molar-refractivity contribution in [2.75, 3.05) is 13.6 Å². The van der Waals surface area contributed by atoms with E-state index in [9.17, 15) is 14.4 Å². The average Bonchev–Trinajstić information content (AvgIpc) is 3.64. The molecule has 1 aliphatic carbocycles. The maximum atomic E-state index is 13.1. The monoisotopic (exact) mass is 531 g/mol. The molecule has 3 fully saturated rings. The van der Waals surface area contributed by atoms with Crippen molar-refractivity contribution in [3.63, 3.8) is 0 Å². The molecule has 3 aliphatic rings. The smallest absolute Gasteiger partial charge is 0.410 e. The number of nitrogens with one attached hydrogen (secondary N) is 2. The van der Waals surface area contributed by atoms with Crippen molar-refractivity contribution in [3.8, 4) is 11.3 Å². The molecule has 0 spiro atoms. The number of carbonyl (C=O) groups is 3. The number of imidazole rings is 1. The van der Waals surface area contributed by atoms with Crippen LogP contribution in [0.5, 0.6) is 0 Å². The topological polar surface area (TPSA) is 105 Å². The zero-order chi connectivity index (χ0) is 26.8. The van der Waals surface area contributed by atoms with Crippen LogP contribution < -0.4 is 10.6 Å². The van der Waals surface area contributed by atoms with Gasteiger partial charge in [0.05, 0.1) is 28.0 Å². The van der Waals surface area contributed by atoms with Crippen molar-refractivity contribution in [3.05, 3.63) is 59.8 Å². The highest BCUT2D eigenvalue weighted by molar-refractivity contribution is 7.23. The van der Waals surface area contributed by atoms with E-state index in [4.69, 9.17) is 9.72 Å². The fourth-order valence-corrected chi connectivity index (χ4v) is 6.36. The quantitative estimate of drug-likeness (QED) is 0.408. The zero-order valence-corrected chi connectivity index (χ0v) is 22.5. The minimum atomic E-state index is -0.545. The van der Waals surface area contributed by atoms with E-state index >= 15 is 0 Å². The average molecular weight is 532 g/mol.